The van der Waals surface area contributed by atoms with Gasteiger partial charge in [0, 0.05) is 49.9 Å². The van der Waals surface area contributed by atoms with Gasteiger partial charge in [0.25, 0.3) is 0 Å². The van der Waals surface area contributed by atoms with Gasteiger partial charge < -0.3 is 25.1 Å². The second-order valence-corrected chi connectivity index (χ2v) is 7.21. The molecule has 0 aliphatic carbocycles. The molecule has 162 valence electrons. The van der Waals surface area contributed by atoms with Gasteiger partial charge in [0.1, 0.15) is 0 Å². The van der Waals surface area contributed by atoms with Crippen molar-refractivity contribution >= 4 is 40.8 Å². The van der Waals surface area contributed by atoms with Gasteiger partial charge in [0.2, 0.25) is 0 Å². The second-order valence-electron chi connectivity index (χ2n) is 7.21. The third-order valence-corrected chi connectivity index (χ3v) is 4.98. The molecule has 1 aromatic carbocycles. The molecule has 29 heavy (non-hydrogen) atoms. The first-order valence-electron chi connectivity index (χ1n) is 10.6. The maximum absolute atomic E-state index is 5.71. The van der Waals surface area contributed by atoms with Gasteiger partial charge >= 0.3 is 0 Å². The Balaban J connectivity index is 0.00000300. The fraction of sp³-hybridized carbons (Fsp3) is 0.591. The summed E-state index contributed by atoms with van der Waals surface area (Å²) in [4.78, 5) is 8.04. The van der Waals surface area contributed by atoms with Crippen molar-refractivity contribution in [2.75, 3.05) is 39.5 Å². The number of hydrogen-bond acceptors (Lipinski definition) is 3. The highest BCUT2D eigenvalue weighted by Crippen LogP contribution is 2.18. The molecule has 0 amide bonds. The molecule has 1 atom stereocenters. The molecule has 7 heteroatoms. The van der Waals surface area contributed by atoms with E-state index in [1.165, 1.54) is 22.9 Å². The molecule has 0 bridgehead atoms. The minimum Gasteiger partial charge on any atom is -0.379 e. The molecule has 3 N–H and O–H groups in total. The van der Waals surface area contributed by atoms with Crippen molar-refractivity contribution in [2.24, 2.45) is 4.99 Å². The second kappa shape index (κ2) is 13.8. The summed E-state index contributed by atoms with van der Waals surface area (Å²) in [5.41, 5.74) is 2.57. The number of nitrogens with zero attached hydrogens (tertiary/aromatic N) is 1. The molecule has 1 unspecified atom stereocenters. The topological polar surface area (TPSA) is 70.7 Å². The first kappa shape index (κ1) is 24.0. The first-order chi connectivity index (χ1) is 13.9. The predicted octanol–water partition coefficient (Wildman–Crippen LogP) is 3.86. The lowest BCUT2D eigenvalue weighted by Crippen LogP contribution is -2.38. The minimum atomic E-state index is 0. The van der Waals surface area contributed by atoms with E-state index in [4.69, 9.17) is 14.5 Å². The first-order valence-corrected chi connectivity index (χ1v) is 10.6. The van der Waals surface area contributed by atoms with Gasteiger partial charge in [-0.25, -0.2) is 0 Å². The highest BCUT2D eigenvalue weighted by molar-refractivity contribution is 14.0. The van der Waals surface area contributed by atoms with Crippen LogP contribution in [0.5, 0.6) is 0 Å². The number of nitrogens with one attached hydrogen (secondary N) is 3. The third-order valence-electron chi connectivity index (χ3n) is 4.98. The molecule has 1 aromatic heterocycles. The Hall–Kier alpha value is -1.32. The van der Waals surface area contributed by atoms with Crippen molar-refractivity contribution in [2.45, 2.75) is 45.1 Å². The number of aromatic nitrogens is 1. The lowest BCUT2D eigenvalue weighted by Gasteiger charge is -2.12. The van der Waals surface area contributed by atoms with Crippen molar-refractivity contribution in [1.82, 2.24) is 15.6 Å². The number of H-pyrrole nitrogens is 1. The van der Waals surface area contributed by atoms with Crippen LogP contribution in [0.2, 0.25) is 0 Å². The molecule has 6 nitrogen and oxygen atoms in total. The van der Waals surface area contributed by atoms with Gasteiger partial charge in [-0.05, 0) is 50.7 Å². The van der Waals surface area contributed by atoms with E-state index in [0.29, 0.717) is 6.10 Å². The number of ether oxygens (including phenoxy) is 2. The van der Waals surface area contributed by atoms with Crippen molar-refractivity contribution in [3.8, 4) is 0 Å². The molecule has 1 aliphatic rings. The highest BCUT2D eigenvalue weighted by Gasteiger charge is 2.14. The maximum atomic E-state index is 5.71. The van der Waals surface area contributed by atoms with Gasteiger partial charge in [-0.1, -0.05) is 18.2 Å². The summed E-state index contributed by atoms with van der Waals surface area (Å²) in [6.45, 7) is 7.00. The Morgan fingerprint density at radius 1 is 1.28 bits per heavy atom. The van der Waals surface area contributed by atoms with Crippen LogP contribution in [0.3, 0.4) is 0 Å². The zero-order chi connectivity index (χ0) is 19.4. The number of aryl methyl sites for hydroxylation is 1. The van der Waals surface area contributed by atoms with Gasteiger partial charge in [-0.3, -0.25) is 4.99 Å². The number of rotatable bonds is 11. The Morgan fingerprint density at radius 2 is 2.17 bits per heavy atom. The standard InChI is InChI=1S/C22H34N4O2.HI/c1-2-23-22(25-13-7-14-27-17-19-9-6-15-28-19)24-12-5-8-18-16-26-21-11-4-3-10-20(18)21;/h3-4,10-11,16,19,26H,2,5-9,12-15,17H2,1H3,(H2,23,24,25);1H. The molecule has 2 heterocycles. The van der Waals surface area contributed by atoms with Crippen molar-refractivity contribution in [1.29, 1.82) is 0 Å². The van der Waals surface area contributed by atoms with E-state index in [2.05, 4.69) is 53.0 Å². The molecule has 2 aromatic rings. The number of hydrogen-bond donors (Lipinski definition) is 3. The Bertz CT molecular complexity index is 728. The van der Waals surface area contributed by atoms with Crippen molar-refractivity contribution in [3.05, 3.63) is 36.0 Å². The van der Waals surface area contributed by atoms with Gasteiger partial charge in [0.05, 0.1) is 12.7 Å². The van der Waals surface area contributed by atoms with E-state index in [9.17, 15) is 0 Å². The largest absolute Gasteiger partial charge is 0.379 e. The molecular weight excluding hydrogens is 479 g/mol. The number of benzene rings is 1. The van der Waals surface area contributed by atoms with Crippen LogP contribution in [-0.2, 0) is 15.9 Å². The van der Waals surface area contributed by atoms with Gasteiger partial charge in [0.15, 0.2) is 5.96 Å². The summed E-state index contributed by atoms with van der Waals surface area (Å²) >= 11 is 0. The Morgan fingerprint density at radius 3 is 3.00 bits per heavy atom. The van der Waals surface area contributed by atoms with Crippen molar-refractivity contribution < 1.29 is 9.47 Å². The summed E-state index contributed by atoms with van der Waals surface area (Å²) in [5.74, 6) is 0.889. The lowest BCUT2D eigenvalue weighted by atomic mass is 10.1. The normalized spacial score (nSPS) is 16.7. The minimum absolute atomic E-state index is 0. The van der Waals surface area contributed by atoms with Gasteiger partial charge in [-0.15, -0.1) is 24.0 Å². The molecule has 0 spiro atoms. The maximum Gasteiger partial charge on any atom is 0.191 e. The average Bonchev–Trinajstić information content (AvgIpc) is 3.38. The lowest BCUT2D eigenvalue weighted by molar-refractivity contribution is 0.0168. The van der Waals surface area contributed by atoms with E-state index in [-0.39, 0.29) is 24.0 Å². The summed E-state index contributed by atoms with van der Waals surface area (Å²) < 4.78 is 11.3. The molecule has 1 saturated heterocycles. The molecule has 0 saturated carbocycles. The SMILES string of the molecule is CCNC(=NCCCc1c[nH]c2ccccc12)NCCCOCC1CCCO1.I. The van der Waals surface area contributed by atoms with Crippen LogP contribution in [0.4, 0.5) is 0 Å². The molecule has 1 aliphatic heterocycles. The third kappa shape index (κ3) is 8.14. The highest BCUT2D eigenvalue weighted by atomic mass is 127. The molecule has 3 rings (SSSR count). The van der Waals surface area contributed by atoms with E-state index in [1.54, 1.807) is 0 Å². The summed E-state index contributed by atoms with van der Waals surface area (Å²) in [6, 6.07) is 8.45. The number of fused-ring (bicyclic) bond motifs is 1. The van der Waals surface area contributed by atoms with Crippen LogP contribution in [0.15, 0.2) is 35.5 Å². The van der Waals surface area contributed by atoms with E-state index in [0.717, 1.165) is 71.1 Å². The fourth-order valence-corrected chi connectivity index (χ4v) is 3.51. The van der Waals surface area contributed by atoms with Crippen LogP contribution < -0.4 is 10.6 Å². The zero-order valence-corrected chi connectivity index (χ0v) is 19.7. The van der Waals surface area contributed by atoms with E-state index >= 15 is 0 Å². The van der Waals surface area contributed by atoms with Crippen molar-refractivity contribution in [3.63, 3.8) is 0 Å². The van der Waals surface area contributed by atoms with E-state index < -0.39 is 0 Å². The van der Waals surface area contributed by atoms with Crippen LogP contribution in [0.25, 0.3) is 10.9 Å². The number of aromatic amines is 1. The molecule has 1 fully saturated rings. The van der Waals surface area contributed by atoms with Crippen LogP contribution in [0.1, 0.15) is 38.2 Å². The molecule has 0 radical (unpaired) electrons. The number of guanidine groups is 1. The molecular formula is C22H35IN4O2. The van der Waals surface area contributed by atoms with Crippen LogP contribution in [0, 0.1) is 0 Å². The summed E-state index contributed by atoms with van der Waals surface area (Å²) in [7, 11) is 0. The number of halogens is 1. The summed E-state index contributed by atoms with van der Waals surface area (Å²) in [5, 5.41) is 8.03. The zero-order valence-electron chi connectivity index (χ0n) is 17.4. The Labute approximate surface area is 191 Å². The van der Waals surface area contributed by atoms with Crippen LogP contribution >= 0.6 is 24.0 Å². The quantitative estimate of drug-likeness (QED) is 0.184. The Kier molecular flexibility index (Phi) is 11.4. The number of para-hydroxylation sites is 1. The average molecular weight is 514 g/mol. The smallest absolute Gasteiger partial charge is 0.191 e. The van der Waals surface area contributed by atoms with Crippen LogP contribution in [-0.4, -0.2) is 56.5 Å². The van der Waals surface area contributed by atoms with E-state index in [1.807, 2.05) is 0 Å². The monoisotopic (exact) mass is 514 g/mol. The predicted molar refractivity (Wildman–Crippen MR) is 130 cm³/mol. The van der Waals surface area contributed by atoms with Gasteiger partial charge in [-0.2, -0.15) is 0 Å². The summed E-state index contributed by atoms with van der Waals surface area (Å²) in [6.07, 6.45) is 7.75. The fourth-order valence-electron chi connectivity index (χ4n) is 3.51. The number of aliphatic imine (C=N–C) groups is 1.